The maximum Gasteiger partial charge on any atom is 0.377 e. The minimum Gasteiger partial charge on any atom is -0.475 e. The van der Waals surface area contributed by atoms with Gasteiger partial charge >= 0.3 is 11.9 Å². The van der Waals surface area contributed by atoms with E-state index in [4.69, 9.17) is 10.2 Å². The predicted molar refractivity (Wildman–Crippen MR) is 75.5 cm³/mol. The summed E-state index contributed by atoms with van der Waals surface area (Å²) in [5, 5.41) is 69.4. The first kappa shape index (κ1) is 17.8. The van der Waals surface area contributed by atoms with E-state index in [1.54, 1.807) is 0 Å². The Kier molecular flexibility index (Phi) is 5.01. The summed E-state index contributed by atoms with van der Waals surface area (Å²) in [4.78, 5) is 20.3. The SMILES string of the molecule is O=C(O)c1nnc(C(=O)O)nn1.n1nc(-c2nnc(-c3nn[nH]n3)nn2)n[nH]1. The molecule has 0 aliphatic carbocycles. The van der Waals surface area contributed by atoms with Gasteiger partial charge in [-0.3, -0.25) is 0 Å². The average molecular weight is 388 g/mol. The van der Waals surface area contributed by atoms with Crippen LogP contribution in [0.15, 0.2) is 0 Å². The lowest BCUT2D eigenvalue weighted by molar-refractivity contribution is 0.0653. The maximum absolute atomic E-state index is 10.1. The zero-order valence-electron chi connectivity index (χ0n) is 13.0. The number of rotatable bonds is 4. The molecule has 0 saturated heterocycles. The molecule has 0 aliphatic heterocycles. The van der Waals surface area contributed by atoms with Gasteiger partial charge in [0.1, 0.15) is 0 Å². The predicted octanol–water partition coefficient (Wildman–Crippen LogP) is -3.71. The van der Waals surface area contributed by atoms with E-state index in [-0.39, 0.29) is 23.3 Å². The minimum absolute atomic E-state index is 0.154. The molecule has 20 nitrogen and oxygen atoms in total. The van der Waals surface area contributed by atoms with Crippen LogP contribution in [0.4, 0.5) is 0 Å². The van der Waals surface area contributed by atoms with Crippen molar-refractivity contribution in [2.75, 3.05) is 0 Å². The lowest BCUT2D eigenvalue weighted by Gasteiger charge is -1.91. The largest absolute Gasteiger partial charge is 0.475 e. The van der Waals surface area contributed by atoms with Crippen molar-refractivity contribution in [2.24, 2.45) is 0 Å². The highest BCUT2D eigenvalue weighted by molar-refractivity contribution is 5.84. The average Bonchev–Trinajstić information content (AvgIpc) is 3.43. The van der Waals surface area contributed by atoms with Gasteiger partial charge in [0.25, 0.3) is 11.6 Å². The summed E-state index contributed by atoms with van der Waals surface area (Å²) in [5.74, 6) is -3.37. The van der Waals surface area contributed by atoms with Crippen LogP contribution in [0.25, 0.3) is 23.3 Å². The Morgan fingerprint density at radius 2 is 0.893 bits per heavy atom. The molecular weight excluding hydrogens is 384 g/mol. The molecule has 4 aromatic rings. The molecule has 0 fully saturated rings. The molecule has 4 N–H and O–H groups in total. The van der Waals surface area contributed by atoms with Crippen LogP contribution >= 0.6 is 0 Å². The number of carboxylic acid groups (broad SMARTS) is 2. The molecule has 0 aromatic carbocycles. The third-order valence-electron chi connectivity index (χ3n) is 2.43. The number of H-pyrrole nitrogens is 2. The smallest absolute Gasteiger partial charge is 0.377 e. The Balaban J connectivity index is 0.000000169. The Labute approximate surface area is 149 Å². The van der Waals surface area contributed by atoms with Gasteiger partial charge in [-0.1, -0.05) is 0 Å². The number of hydrogen-bond donors (Lipinski definition) is 4. The van der Waals surface area contributed by atoms with E-state index in [1.165, 1.54) is 0 Å². The number of aromatic nitrogens is 16. The van der Waals surface area contributed by atoms with Gasteiger partial charge < -0.3 is 10.2 Å². The van der Waals surface area contributed by atoms with Gasteiger partial charge in [-0.2, -0.15) is 10.4 Å². The van der Waals surface area contributed by atoms with E-state index < -0.39 is 23.6 Å². The van der Waals surface area contributed by atoms with E-state index >= 15 is 0 Å². The van der Waals surface area contributed by atoms with Crippen molar-refractivity contribution in [3.05, 3.63) is 11.6 Å². The van der Waals surface area contributed by atoms with Gasteiger partial charge in [0.2, 0.25) is 23.3 Å². The van der Waals surface area contributed by atoms with Crippen LogP contribution in [-0.2, 0) is 0 Å². The second-order valence-corrected chi connectivity index (χ2v) is 4.18. The first-order chi connectivity index (χ1) is 13.5. The highest BCUT2D eigenvalue weighted by atomic mass is 16.4. The summed E-state index contributed by atoms with van der Waals surface area (Å²) >= 11 is 0. The zero-order chi connectivity index (χ0) is 19.9. The summed E-state index contributed by atoms with van der Waals surface area (Å²) < 4.78 is 0. The normalized spacial score (nSPS) is 10.0. The first-order valence-corrected chi connectivity index (χ1v) is 6.63. The molecule has 0 aliphatic rings. The number of aromatic carboxylic acids is 2. The molecule has 4 heterocycles. The Morgan fingerprint density at radius 3 is 1.14 bits per heavy atom. The van der Waals surface area contributed by atoms with Gasteiger partial charge in [0.05, 0.1) is 0 Å². The monoisotopic (exact) mass is 388 g/mol. The third kappa shape index (κ3) is 4.13. The quantitative estimate of drug-likeness (QED) is 0.261. The second kappa shape index (κ2) is 7.89. The standard InChI is InChI=1S/C4H2N12.C4H2N4O4/c5-1(3-9-13-14-10-3)6-8-2(7-5)4-11-15-16-12-4;9-3(10)1-5-7-2(4(11)12)8-6-1/h(H,9,10,13,14)(H,11,12,15,16);(H,9,10)(H,11,12). The summed E-state index contributed by atoms with van der Waals surface area (Å²) in [5.41, 5.74) is 0. The topological polar surface area (TPSA) is 287 Å². The lowest BCUT2D eigenvalue weighted by Crippen LogP contribution is -2.13. The molecule has 140 valence electrons. The van der Waals surface area contributed by atoms with Crippen LogP contribution in [0.3, 0.4) is 0 Å². The minimum atomic E-state index is -1.41. The van der Waals surface area contributed by atoms with E-state index in [1.807, 2.05) is 0 Å². The molecule has 0 saturated carbocycles. The van der Waals surface area contributed by atoms with Crippen LogP contribution in [0.1, 0.15) is 21.2 Å². The fourth-order valence-electron chi connectivity index (χ4n) is 1.32. The van der Waals surface area contributed by atoms with E-state index in [9.17, 15) is 9.59 Å². The van der Waals surface area contributed by atoms with Crippen molar-refractivity contribution < 1.29 is 19.8 Å². The van der Waals surface area contributed by atoms with Crippen LogP contribution in [0, 0.1) is 0 Å². The van der Waals surface area contributed by atoms with Gasteiger partial charge in [-0.05, 0) is 10.4 Å². The van der Waals surface area contributed by atoms with Crippen molar-refractivity contribution in [1.82, 2.24) is 82.0 Å². The first-order valence-electron chi connectivity index (χ1n) is 6.63. The van der Waals surface area contributed by atoms with E-state index in [0.717, 1.165) is 0 Å². The Bertz CT molecular complexity index is 959. The number of carbonyl (C=O) groups is 2. The summed E-state index contributed by atoms with van der Waals surface area (Å²) in [6.07, 6.45) is 0. The number of tetrazole rings is 2. The van der Waals surface area contributed by atoms with Crippen LogP contribution in [-0.4, -0.2) is 104 Å². The lowest BCUT2D eigenvalue weighted by atomic mass is 10.6. The van der Waals surface area contributed by atoms with Crippen molar-refractivity contribution in [3.8, 4) is 23.3 Å². The fraction of sp³-hybridized carbons (Fsp3) is 0. The molecule has 28 heavy (non-hydrogen) atoms. The number of hydrogen-bond acceptors (Lipinski definition) is 16. The van der Waals surface area contributed by atoms with E-state index in [0.29, 0.717) is 0 Å². The molecule has 0 bridgehead atoms. The molecule has 20 heteroatoms. The van der Waals surface area contributed by atoms with Gasteiger partial charge in [-0.15, -0.1) is 61.2 Å². The highest BCUT2D eigenvalue weighted by Gasteiger charge is 2.13. The molecule has 0 amide bonds. The van der Waals surface area contributed by atoms with E-state index in [2.05, 4.69) is 82.0 Å². The molecule has 0 atom stereocenters. The van der Waals surface area contributed by atoms with Crippen molar-refractivity contribution in [3.63, 3.8) is 0 Å². The molecule has 0 unspecified atom stereocenters. The Morgan fingerprint density at radius 1 is 0.536 bits per heavy atom. The molecule has 0 radical (unpaired) electrons. The van der Waals surface area contributed by atoms with Crippen molar-refractivity contribution in [2.45, 2.75) is 0 Å². The summed E-state index contributed by atoms with van der Waals surface area (Å²) in [6.45, 7) is 0. The highest BCUT2D eigenvalue weighted by Crippen LogP contribution is 2.06. The second-order valence-electron chi connectivity index (χ2n) is 4.18. The number of aromatic amines is 2. The van der Waals surface area contributed by atoms with Crippen molar-refractivity contribution >= 4 is 11.9 Å². The zero-order valence-corrected chi connectivity index (χ0v) is 13.0. The van der Waals surface area contributed by atoms with Crippen LogP contribution in [0.2, 0.25) is 0 Å². The number of nitrogens with zero attached hydrogens (tertiary/aromatic N) is 14. The number of nitrogens with one attached hydrogen (secondary N) is 2. The van der Waals surface area contributed by atoms with Gasteiger partial charge in [0, 0.05) is 0 Å². The van der Waals surface area contributed by atoms with Crippen LogP contribution in [0.5, 0.6) is 0 Å². The third-order valence-corrected chi connectivity index (χ3v) is 2.43. The molecular formula is C8H4N16O4. The van der Waals surface area contributed by atoms with Crippen molar-refractivity contribution in [1.29, 1.82) is 0 Å². The molecule has 4 aromatic heterocycles. The van der Waals surface area contributed by atoms with Gasteiger partial charge in [0.15, 0.2) is 0 Å². The summed E-state index contributed by atoms with van der Waals surface area (Å²) in [7, 11) is 0. The Hall–Kier alpha value is -5.04. The van der Waals surface area contributed by atoms with Crippen LogP contribution < -0.4 is 0 Å². The summed E-state index contributed by atoms with van der Waals surface area (Å²) in [6, 6.07) is 0. The maximum atomic E-state index is 10.1. The number of carboxylic acids is 2. The van der Waals surface area contributed by atoms with Gasteiger partial charge in [-0.25, -0.2) is 9.59 Å². The fourth-order valence-corrected chi connectivity index (χ4v) is 1.32. The molecule has 4 rings (SSSR count). The molecule has 0 spiro atoms.